The van der Waals surface area contributed by atoms with E-state index < -0.39 is 34.1 Å². The van der Waals surface area contributed by atoms with Gasteiger partial charge in [-0.15, -0.1) is 0 Å². The van der Waals surface area contributed by atoms with Crippen molar-refractivity contribution < 1.29 is 22.7 Å². The van der Waals surface area contributed by atoms with Crippen LogP contribution in [0.25, 0.3) is 0 Å². The number of carbonyl (C=O) groups is 2. The molecule has 3 aromatic rings. The van der Waals surface area contributed by atoms with E-state index in [2.05, 4.69) is 5.32 Å². The van der Waals surface area contributed by atoms with E-state index in [4.69, 9.17) is 4.74 Å². The number of nitrogens with one attached hydrogen (secondary N) is 1. The van der Waals surface area contributed by atoms with Crippen molar-refractivity contribution in [1.82, 2.24) is 10.2 Å². The summed E-state index contributed by atoms with van der Waals surface area (Å²) in [5.74, 6) is -0.227. The van der Waals surface area contributed by atoms with Crippen molar-refractivity contribution in [2.24, 2.45) is 0 Å². The average molecular weight is 580 g/mol. The Morgan fingerprint density at radius 2 is 1.51 bits per heavy atom. The Balaban J connectivity index is 2.04. The van der Waals surface area contributed by atoms with Crippen LogP contribution in [-0.4, -0.2) is 49.9 Å². The maximum Gasteiger partial charge on any atom is 0.264 e. The van der Waals surface area contributed by atoms with E-state index in [1.54, 1.807) is 36.4 Å². The zero-order valence-corrected chi connectivity index (χ0v) is 25.6. The topological polar surface area (TPSA) is 96.0 Å². The van der Waals surface area contributed by atoms with Gasteiger partial charge in [-0.3, -0.25) is 13.9 Å². The second kappa shape index (κ2) is 13.7. The Bertz CT molecular complexity index is 1400. The molecule has 0 aliphatic rings. The van der Waals surface area contributed by atoms with Crippen molar-refractivity contribution in [3.63, 3.8) is 0 Å². The molecule has 9 heteroatoms. The van der Waals surface area contributed by atoms with E-state index in [1.165, 1.54) is 17.0 Å². The maximum absolute atomic E-state index is 14.1. The Morgan fingerprint density at radius 1 is 0.902 bits per heavy atom. The molecule has 41 heavy (non-hydrogen) atoms. The van der Waals surface area contributed by atoms with Crippen molar-refractivity contribution in [2.45, 2.75) is 71.0 Å². The highest BCUT2D eigenvalue weighted by molar-refractivity contribution is 7.92. The molecule has 0 bridgehead atoms. The van der Waals surface area contributed by atoms with E-state index in [0.717, 1.165) is 15.4 Å². The minimum absolute atomic E-state index is 0.0291. The van der Waals surface area contributed by atoms with Gasteiger partial charge in [-0.2, -0.15) is 0 Å². The molecule has 3 aromatic carbocycles. The van der Waals surface area contributed by atoms with Gasteiger partial charge in [-0.1, -0.05) is 55.0 Å². The van der Waals surface area contributed by atoms with Gasteiger partial charge < -0.3 is 15.0 Å². The Morgan fingerprint density at radius 3 is 2.05 bits per heavy atom. The zero-order chi connectivity index (χ0) is 30.2. The van der Waals surface area contributed by atoms with Crippen LogP contribution in [0.2, 0.25) is 0 Å². The number of aryl methyl sites for hydroxylation is 1. The molecule has 0 aliphatic heterocycles. The molecule has 220 valence electrons. The first-order chi connectivity index (χ1) is 19.4. The number of nitrogens with zero attached hydrogens (tertiary/aromatic N) is 2. The van der Waals surface area contributed by atoms with Crippen molar-refractivity contribution >= 4 is 27.5 Å². The molecular formula is C32H41N3O5S. The Labute approximate surface area is 244 Å². The third-order valence-electron chi connectivity index (χ3n) is 6.40. The molecule has 1 N–H and O–H groups in total. The highest BCUT2D eigenvalue weighted by Gasteiger charge is 2.34. The molecule has 8 nitrogen and oxygen atoms in total. The third kappa shape index (κ3) is 8.57. The van der Waals surface area contributed by atoms with Crippen LogP contribution >= 0.6 is 0 Å². The number of ether oxygens (including phenoxy) is 1. The van der Waals surface area contributed by atoms with Gasteiger partial charge in [0.1, 0.15) is 18.3 Å². The molecule has 0 spiro atoms. The lowest BCUT2D eigenvalue weighted by Crippen LogP contribution is -2.55. The summed E-state index contributed by atoms with van der Waals surface area (Å²) in [4.78, 5) is 29.0. The largest absolute Gasteiger partial charge is 0.494 e. The highest BCUT2D eigenvalue weighted by Crippen LogP contribution is 2.26. The molecule has 0 saturated carbocycles. The number of carbonyl (C=O) groups excluding carboxylic acids is 2. The van der Waals surface area contributed by atoms with Crippen molar-refractivity contribution in [1.29, 1.82) is 0 Å². The highest BCUT2D eigenvalue weighted by atomic mass is 32.2. The maximum atomic E-state index is 14.1. The fraction of sp³-hybridized carbons (Fsp3) is 0.375. The zero-order valence-electron chi connectivity index (χ0n) is 24.8. The second-order valence-electron chi connectivity index (χ2n) is 10.9. The predicted molar refractivity (Wildman–Crippen MR) is 162 cm³/mol. The lowest BCUT2D eigenvalue weighted by Gasteiger charge is -2.34. The van der Waals surface area contributed by atoms with Gasteiger partial charge in [0.2, 0.25) is 11.8 Å². The Kier molecular flexibility index (Phi) is 10.6. The molecule has 1 unspecified atom stereocenters. The quantitative estimate of drug-likeness (QED) is 0.314. The van der Waals surface area contributed by atoms with Crippen LogP contribution in [-0.2, 0) is 26.2 Å². The smallest absolute Gasteiger partial charge is 0.264 e. The van der Waals surface area contributed by atoms with Crippen molar-refractivity contribution in [3.8, 4) is 5.75 Å². The second-order valence-corrected chi connectivity index (χ2v) is 12.8. The summed E-state index contributed by atoms with van der Waals surface area (Å²) in [7, 11) is -4.15. The molecule has 0 radical (unpaired) electrons. The van der Waals surface area contributed by atoms with E-state index >= 15 is 0 Å². The number of amides is 2. The van der Waals surface area contributed by atoms with Gasteiger partial charge in [-0.05, 0) is 83.0 Å². The number of anilines is 1. The summed E-state index contributed by atoms with van der Waals surface area (Å²) < 4.78 is 34.6. The van der Waals surface area contributed by atoms with Crippen LogP contribution in [0, 0.1) is 6.92 Å². The van der Waals surface area contributed by atoms with Crippen LogP contribution in [0.5, 0.6) is 5.75 Å². The molecule has 0 saturated heterocycles. The van der Waals surface area contributed by atoms with Gasteiger partial charge in [0, 0.05) is 12.1 Å². The van der Waals surface area contributed by atoms with Crippen molar-refractivity contribution in [3.05, 3.63) is 90.0 Å². The number of hydrogen-bond donors (Lipinski definition) is 1. The summed E-state index contributed by atoms with van der Waals surface area (Å²) in [6.07, 6.45) is 0.358. The normalized spacial score (nSPS) is 12.3. The van der Waals surface area contributed by atoms with Gasteiger partial charge in [0.05, 0.1) is 17.2 Å². The fourth-order valence-electron chi connectivity index (χ4n) is 4.39. The SMILES string of the molecule is CCOc1ccc(S(=O)(=O)N(CC(=O)N(Cc2ccccc2)C(CC)C(=O)NC(C)(C)C)c2ccc(C)cc2)cc1. The first-order valence-electron chi connectivity index (χ1n) is 13.8. The molecule has 1 atom stereocenters. The first-order valence-corrected chi connectivity index (χ1v) is 15.3. The minimum Gasteiger partial charge on any atom is -0.494 e. The van der Waals surface area contributed by atoms with Crippen LogP contribution < -0.4 is 14.4 Å². The van der Waals surface area contributed by atoms with E-state index in [0.29, 0.717) is 24.5 Å². The standard InChI is InChI=1S/C32H41N3O5S/c1-7-29(31(37)33-32(4,5)6)34(22-25-12-10-9-11-13-25)30(36)23-35(26-16-14-24(3)15-17-26)41(38,39)28-20-18-27(19-21-28)40-8-2/h9-21,29H,7-8,22-23H2,1-6H3,(H,33,37). The monoisotopic (exact) mass is 579 g/mol. The number of sulfonamides is 1. The molecule has 3 rings (SSSR count). The number of benzene rings is 3. The van der Waals surface area contributed by atoms with Crippen LogP contribution in [0.1, 0.15) is 52.2 Å². The Hall–Kier alpha value is -3.85. The lowest BCUT2D eigenvalue weighted by atomic mass is 10.1. The minimum atomic E-state index is -4.15. The van der Waals surface area contributed by atoms with Crippen LogP contribution in [0.4, 0.5) is 5.69 Å². The molecule has 0 aliphatic carbocycles. The molecular weight excluding hydrogens is 538 g/mol. The van der Waals surface area contributed by atoms with Crippen LogP contribution in [0.3, 0.4) is 0 Å². The van der Waals surface area contributed by atoms with E-state index in [9.17, 15) is 18.0 Å². The summed E-state index contributed by atoms with van der Waals surface area (Å²) in [6, 6.07) is 21.7. The first kappa shape index (κ1) is 31.7. The number of rotatable bonds is 12. The summed E-state index contributed by atoms with van der Waals surface area (Å²) >= 11 is 0. The lowest BCUT2D eigenvalue weighted by molar-refractivity contribution is -0.141. The van der Waals surface area contributed by atoms with E-state index in [1.807, 2.05) is 71.9 Å². The fourth-order valence-corrected chi connectivity index (χ4v) is 5.81. The summed E-state index contributed by atoms with van der Waals surface area (Å²) in [6.45, 7) is 11.4. The molecule has 0 heterocycles. The summed E-state index contributed by atoms with van der Waals surface area (Å²) in [5, 5.41) is 2.98. The molecule has 2 amide bonds. The van der Waals surface area contributed by atoms with Gasteiger partial charge in [0.15, 0.2) is 0 Å². The molecule has 0 fully saturated rings. The number of hydrogen-bond acceptors (Lipinski definition) is 5. The van der Waals surface area contributed by atoms with Gasteiger partial charge in [0.25, 0.3) is 10.0 Å². The van der Waals surface area contributed by atoms with E-state index in [-0.39, 0.29) is 17.3 Å². The summed E-state index contributed by atoms with van der Waals surface area (Å²) in [5.41, 5.74) is 1.63. The van der Waals surface area contributed by atoms with Gasteiger partial charge in [-0.25, -0.2) is 8.42 Å². The van der Waals surface area contributed by atoms with Crippen LogP contribution in [0.15, 0.2) is 83.8 Å². The van der Waals surface area contributed by atoms with Crippen molar-refractivity contribution in [2.75, 3.05) is 17.5 Å². The third-order valence-corrected chi connectivity index (χ3v) is 8.19. The molecule has 0 aromatic heterocycles. The average Bonchev–Trinajstić information content (AvgIpc) is 2.92. The van der Waals surface area contributed by atoms with Gasteiger partial charge >= 0.3 is 0 Å². The predicted octanol–water partition coefficient (Wildman–Crippen LogP) is 5.31.